The first kappa shape index (κ1) is 10.0. The van der Waals surface area contributed by atoms with Crippen LogP contribution in [0.3, 0.4) is 0 Å². The van der Waals surface area contributed by atoms with Crippen molar-refractivity contribution >= 4 is 0 Å². The highest BCUT2D eigenvalue weighted by Gasteiger charge is 2.25. The van der Waals surface area contributed by atoms with E-state index in [0.29, 0.717) is 0 Å². The molecule has 1 fully saturated rings. The van der Waals surface area contributed by atoms with Gasteiger partial charge in [-0.25, -0.2) is 0 Å². The van der Waals surface area contributed by atoms with E-state index in [1.54, 1.807) is 0 Å². The van der Waals surface area contributed by atoms with Crippen LogP contribution in [-0.4, -0.2) is 37.6 Å². The molecule has 0 bridgehead atoms. The number of hydrogen-bond donors (Lipinski definition) is 1. The first-order valence-electron chi connectivity index (χ1n) is 5.25. The van der Waals surface area contributed by atoms with Gasteiger partial charge < -0.3 is 10.2 Å². The summed E-state index contributed by atoms with van der Waals surface area (Å²) in [5.41, 5.74) is 0. The molecule has 1 aliphatic rings. The Bertz CT molecular complexity index is 110. The molecule has 1 saturated carbocycles. The van der Waals surface area contributed by atoms with Gasteiger partial charge in [0.1, 0.15) is 0 Å². The van der Waals surface area contributed by atoms with Crippen LogP contribution in [0.5, 0.6) is 0 Å². The Hall–Kier alpha value is -0.0800. The highest BCUT2D eigenvalue weighted by Crippen LogP contribution is 2.24. The summed E-state index contributed by atoms with van der Waals surface area (Å²) in [6, 6.07) is 0.927. The summed E-state index contributed by atoms with van der Waals surface area (Å²) in [6.07, 6.45) is 5.41. The fourth-order valence-corrected chi connectivity index (χ4v) is 1.45. The predicted molar refractivity (Wildman–Crippen MR) is 53.4 cm³/mol. The van der Waals surface area contributed by atoms with E-state index < -0.39 is 0 Å². The molecule has 2 heteroatoms. The molecular formula is C10H22N2. The Labute approximate surface area is 76.3 Å². The average molecular weight is 170 g/mol. The van der Waals surface area contributed by atoms with Crippen LogP contribution in [0.1, 0.15) is 32.6 Å². The Balaban J connectivity index is 1.81. The highest BCUT2D eigenvalue weighted by atomic mass is 15.1. The molecule has 72 valence electrons. The SMILES string of the molecule is CCCNCCCN(C)C1CC1. The Morgan fingerprint density at radius 2 is 2.08 bits per heavy atom. The van der Waals surface area contributed by atoms with Crippen molar-refractivity contribution < 1.29 is 0 Å². The summed E-state index contributed by atoms with van der Waals surface area (Å²) >= 11 is 0. The minimum atomic E-state index is 0.927. The molecule has 0 aromatic carbocycles. The predicted octanol–water partition coefficient (Wildman–Crippen LogP) is 1.47. The normalized spacial score (nSPS) is 17.2. The number of nitrogens with zero attached hydrogens (tertiary/aromatic N) is 1. The van der Waals surface area contributed by atoms with Gasteiger partial charge in [-0.15, -0.1) is 0 Å². The van der Waals surface area contributed by atoms with E-state index in [-0.39, 0.29) is 0 Å². The molecule has 0 spiro atoms. The Morgan fingerprint density at radius 3 is 2.67 bits per heavy atom. The van der Waals surface area contributed by atoms with E-state index in [4.69, 9.17) is 0 Å². The number of hydrogen-bond acceptors (Lipinski definition) is 2. The Kier molecular flexibility index (Phi) is 4.62. The van der Waals surface area contributed by atoms with Crippen molar-refractivity contribution in [3.05, 3.63) is 0 Å². The quantitative estimate of drug-likeness (QED) is 0.582. The molecule has 0 amide bonds. The van der Waals surface area contributed by atoms with Crippen molar-refractivity contribution in [3.63, 3.8) is 0 Å². The first-order valence-corrected chi connectivity index (χ1v) is 5.25. The minimum absolute atomic E-state index is 0.927. The summed E-state index contributed by atoms with van der Waals surface area (Å²) < 4.78 is 0. The second-order valence-corrected chi connectivity index (χ2v) is 3.82. The lowest BCUT2D eigenvalue weighted by Gasteiger charge is -2.15. The standard InChI is InChI=1S/C10H22N2/c1-3-7-11-8-4-9-12(2)10-5-6-10/h10-11H,3-9H2,1-2H3. The minimum Gasteiger partial charge on any atom is -0.317 e. The molecule has 1 aliphatic carbocycles. The lowest BCUT2D eigenvalue weighted by atomic mass is 10.3. The molecule has 0 aliphatic heterocycles. The van der Waals surface area contributed by atoms with E-state index >= 15 is 0 Å². The van der Waals surface area contributed by atoms with Gasteiger partial charge >= 0.3 is 0 Å². The van der Waals surface area contributed by atoms with Crippen molar-refractivity contribution in [2.75, 3.05) is 26.7 Å². The van der Waals surface area contributed by atoms with Crippen LogP contribution in [0.25, 0.3) is 0 Å². The average Bonchev–Trinajstić information content (AvgIpc) is 2.86. The second-order valence-electron chi connectivity index (χ2n) is 3.82. The van der Waals surface area contributed by atoms with Gasteiger partial charge in [0.2, 0.25) is 0 Å². The molecule has 2 nitrogen and oxygen atoms in total. The van der Waals surface area contributed by atoms with E-state index in [1.807, 2.05) is 0 Å². The topological polar surface area (TPSA) is 15.3 Å². The summed E-state index contributed by atoms with van der Waals surface area (Å²) in [6.45, 7) is 5.84. The van der Waals surface area contributed by atoms with Gasteiger partial charge in [0.15, 0.2) is 0 Å². The zero-order valence-electron chi connectivity index (χ0n) is 8.47. The van der Waals surface area contributed by atoms with E-state index in [1.165, 1.54) is 45.3 Å². The third kappa shape index (κ3) is 4.07. The van der Waals surface area contributed by atoms with Crippen molar-refractivity contribution in [2.45, 2.75) is 38.6 Å². The van der Waals surface area contributed by atoms with Crippen LogP contribution in [0, 0.1) is 0 Å². The third-order valence-corrected chi connectivity index (χ3v) is 2.46. The molecule has 0 saturated heterocycles. The van der Waals surface area contributed by atoms with Gasteiger partial charge in [-0.2, -0.15) is 0 Å². The highest BCUT2D eigenvalue weighted by molar-refractivity contribution is 4.82. The van der Waals surface area contributed by atoms with Crippen molar-refractivity contribution in [1.29, 1.82) is 0 Å². The molecule has 0 heterocycles. The molecule has 0 radical (unpaired) electrons. The molecular weight excluding hydrogens is 148 g/mol. The zero-order chi connectivity index (χ0) is 8.81. The van der Waals surface area contributed by atoms with Crippen LogP contribution in [0.15, 0.2) is 0 Å². The van der Waals surface area contributed by atoms with Gasteiger partial charge in [0, 0.05) is 6.04 Å². The van der Waals surface area contributed by atoms with Crippen LogP contribution in [-0.2, 0) is 0 Å². The Morgan fingerprint density at radius 1 is 1.33 bits per heavy atom. The van der Waals surface area contributed by atoms with E-state index in [0.717, 1.165) is 6.04 Å². The first-order chi connectivity index (χ1) is 5.84. The fraction of sp³-hybridized carbons (Fsp3) is 1.00. The number of nitrogens with one attached hydrogen (secondary N) is 1. The lowest BCUT2D eigenvalue weighted by Crippen LogP contribution is -2.25. The van der Waals surface area contributed by atoms with E-state index in [2.05, 4.69) is 24.2 Å². The monoisotopic (exact) mass is 170 g/mol. The largest absolute Gasteiger partial charge is 0.317 e. The maximum atomic E-state index is 3.42. The maximum absolute atomic E-state index is 3.42. The van der Waals surface area contributed by atoms with Crippen LogP contribution in [0.2, 0.25) is 0 Å². The number of rotatable bonds is 7. The van der Waals surface area contributed by atoms with Crippen molar-refractivity contribution in [2.24, 2.45) is 0 Å². The zero-order valence-corrected chi connectivity index (χ0v) is 8.47. The molecule has 1 N–H and O–H groups in total. The van der Waals surface area contributed by atoms with Gasteiger partial charge in [-0.05, 0) is 52.4 Å². The van der Waals surface area contributed by atoms with Crippen LogP contribution in [0.4, 0.5) is 0 Å². The summed E-state index contributed by atoms with van der Waals surface area (Å²) in [4.78, 5) is 2.49. The van der Waals surface area contributed by atoms with Gasteiger partial charge in [-0.3, -0.25) is 0 Å². The summed E-state index contributed by atoms with van der Waals surface area (Å²) in [7, 11) is 2.25. The van der Waals surface area contributed by atoms with E-state index in [9.17, 15) is 0 Å². The lowest BCUT2D eigenvalue weighted by molar-refractivity contribution is 0.317. The molecule has 0 unspecified atom stereocenters. The second kappa shape index (κ2) is 5.55. The fourth-order valence-electron chi connectivity index (χ4n) is 1.45. The molecule has 0 aromatic rings. The molecule has 0 aromatic heterocycles. The molecule has 1 rings (SSSR count). The molecule has 12 heavy (non-hydrogen) atoms. The van der Waals surface area contributed by atoms with Crippen LogP contribution >= 0.6 is 0 Å². The smallest absolute Gasteiger partial charge is 0.00933 e. The maximum Gasteiger partial charge on any atom is 0.00933 e. The summed E-state index contributed by atoms with van der Waals surface area (Å²) in [5.74, 6) is 0. The van der Waals surface area contributed by atoms with Gasteiger partial charge in [0.05, 0.1) is 0 Å². The van der Waals surface area contributed by atoms with Crippen molar-refractivity contribution in [3.8, 4) is 0 Å². The van der Waals surface area contributed by atoms with Crippen LogP contribution < -0.4 is 5.32 Å². The van der Waals surface area contributed by atoms with Gasteiger partial charge in [-0.1, -0.05) is 6.92 Å². The van der Waals surface area contributed by atoms with Gasteiger partial charge in [0.25, 0.3) is 0 Å². The molecule has 0 atom stereocenters. The van der Waals surface area contributed by atoms with Crippen molar-refractivity contribution in [1.82, 2.24) is 10.2 Å². The summed E-state index contributed by atoms with van der Waals surface area (Å²) in [5, 5.41) is 3.42. The third-order valence-electron chi connectivity index (χ3n) is 2.46.